The van der Waals surface area contributed by atoms with E-state index >= 15 is 0 Å². The van der Waals surface area contributed by atoms with Crippen molar-refractivity contribution in [1.29, 1.82) is 0 Å². The fourth-order valence-electron chi connectivity index (χ4n) is 1.54. The zero-order valence-electron chi connectivity index (χ0n) is 7.73. The summed E-state index contributed by atoms with van der Waals surface area (Å²) < 4.78 is 5.13. The van der Waals surface area contributed by atoms with E-state index in [0.717, 1.165) is 5.76 Å². The SMILES string of the molecule is O=C1CC(=O)N(CCc2ccco2)C1. The van der Waals surface area contributed by atoms with Crippen LogP contribution in [-0.4, -0.2) is 29.7 Å². The lowest BCUT2D eigenvalue weighted by atomic mass is 10.3. The molecule has 0 unspecified atom stereocenters. The first-order valence-corrected chi connectivity index (χ1v) is 4.57. The normalized spacial score (nSPS) is 16.7. The highest BCUT2D eigenvalue weighted by Gasteiger charge is 2.26. The molecule has 1 aliphatic rings. The number of nitrogens with zero attached hydrogens (tertiary/aromatic N) is 1. The van der Waals surface area contributed by atoms with Gasteiger partial charge in [0.2, 0.25) is 5.91 Å². The molecule has 0 saturated carbocycles. The number of amides is 1. The molecule has 4 heteroatoms. The Hall–Kier alpha value is -1.58. The number of hydrogen-bond acceptors (Lipinski definition) is 3. The summed E-state index contributed by atoms with van der Waals surface area (Å²) in [6, 6.07) is 3.68. The summed E-state index contributed by atoms with van der Waals surface area (Å²) in [4.78, 5) is 23.7. The number of Topliss-reactive ketones (excluding diaryl/α,β-unsaturated/α-hetero) is 1. The van der Waals surface area contributed by atoms with Gasteiger partial charge in [-0.1, -0.05) is 0 Å². The highest BCUT2D eigenvalue weighted by Crippen LogP contribution is 2.08. The quantitative estimate of drug-likeness (QED) is 0.661. The minimum atomic E-state index is -0.0680. The smallest absolute Gasteiger partial charge is 0.230 e. The van der Waals surface area contributed by atoms with Crippen LogP contribution in [0.4, 0.5) is 0 Å². The average Bonchev–Trinajstić information content (AvgIpc) is 2.72. The summed E-state index contributed by atoms with van der Waals surface area (Å²) in [5, 5.41) is 0. The Morgan fingerprint density at radius 2 is 2.29 bits per heavy atom. The Kier molecular flexibility index (Phi) is 2.35. The maximum atomic E-state index is 11.2. The van der Waals surface area contributed by atoms with Gasteiger partial charge in [-0.05, 0) is 12.1 Å². The first kappa shape index (κ1) is 8.99. The van der Waals surface area contributed by atoms with Crippen molar-refractivity contribution in [3.8, 4) is 0 Å². The molecule has 1 amide bonds. The number of rotatable bonds is 3. The monoisotopic (exact) mass is 193 g/mol. The van der Waals surface area contributed by atoms with Crippen LogP contribution in [0.1, 0.15) is 12.2 Å². The minimum absolute atomic E-state index is 0.00875. The van der Waals surface area contributed by atoms with Crippen LogP contribution < -0.4 is 0 Å². The lowest BCUT2D eigenvalue weighted by Crippen LogP contribution is -2.27. The Bertz CT molecular complexity index is 342. The highest BCUT2D eigenvalue weighted by molar-refractivity contribution is 6.05. The van der Waals surface area contributed by atoms with Gasteiger partial charge in [0.25, 0.3) is 0 Å². The third-order valence-corrected chi connectivity index (χ3v) is 2.28. The molecule has 1 aromatic heterocycles. The van der Waals surface area contributed by atoms with Crippen molar-refractivity contribution < 1.29 is 14.0 Å². The Morgan fingerprint density at radius 3 is 2.86 bits per heavy atom. The lowest BCUT2D eigenvalue weighted by molar-refractivity contribution is -0.127. The van der Waals surface area contributed by atoms with E-state index in [1.165, 1.54) is 0 Å². The van der Waals surface area contributed by atoms with E-state index in [2.05, 4.69) is 0 Å². The molecule has 0 radical (unpaired) electrons. The van der Waals surface area contributed by atoms with Crippen LogP contribution in [0.25, 0.3) is 0 Å². The van der Waals surface area contributed by atoms with Crippen molar-refractivity contribution in [2.75, 3.05) is 13.1 Å². The van der Waals surface area contributed by atoms with Gasteiger partial charge in [0.05, 0.1) is 19.2 Å². The molecule has 0 atom stereocenters. The molecule has 0 spiro atoms. The van der Waals surface area contributed by atoms with Crippen LogP contribution in [0, 0.1) is 0 Å². The third-order valence-electron chi connectivity index (χ3n) is 2.28. The molecule has 0 N–H and O–H groups in total. The summed E-state index contributed by atoms with van der Waals surface area (Å²) in [5.74, 6) is 0.785. The topological polar surface area (TPSA) is 50.5 Å². The second kappa shape index (κ2) is 3.65. The van der Waals surface area contributed by atoms with Gasteiger partial charge < -0.3 is 9.32 Å². The zero-order chi connectivity index (χ0) is 9.97. The van der Waals surface area contributed by atoms with E-state index in [1.54, 1.807) is 11.2 Å². The molecule has 4 nitrogen and oxygen atoms in total. The first-order chi connectivity index (χ1) is 6.75. The minimum Gasteiger partial charge on any atom is -0.469 e. The molecular weight excluding hydrogens is 182 g/mol. The molecule has 14 heavy (non-hydrogen) atoms. The fourth-order valence-corrected chi connectivity index (χ4v) is 1.54. The number of carbonyl (C=O) groups excluding carboxylic acids is 2. The first-order valence-electron chi connectivity index (χ1n) is 4.57. The van der Waals surface area contributed by atoms with Crippen LogP contribution in [0.3, 0.4) is 0 Å². The summed E-state index contributed by atoms with van der Waals surface area (Å²) >= 11 is 0. The van der Waals surface area contributed by atoms with Gasteiger partial charge in [-0.3, -0.25) is 9.59 Å². The molecule has 2 heterocycles. The summed E-state index contributed by atoms with van der Waals surface area (Å²) in [6.07, 6.45) is 2.34. The summed E-state index contributed by atoms with van der Waals surface area (Å²) in [6.45, 7) is 0.831. The van der Waals surface area contributed by atoms with Crippen molar-refractivity contribution >= 4 is 11.7 Å². The molecule has 0 bridgehead atoms. The summed E-state index contributed by atoms with van der Waals surface area (Å²) in [7, 11) is 0. The molecular formula is C10H11NO3. The largest absolute Gasteiger partial charge is 0.469 e. The lowest BCUT2D eigenvalue weighted by Gasteiger charge is -2.12. The third kappa shape index (κ3) is 1.84. The molecule has 1 aromatic rings. The molecule has 74 valence electrons. The van der Waals surface area contributed by atoms with E-state index in [9.17, 15) is 9.59 Å². The van der Waals surface area contributed by atoms with Crippen LogP contribution in [0.15, 0.2) is 22.8 Å². The number of ketones is 1. The molecule has 0 aliphatic carbocycles. The second-order valence-corrected chi connectivity index (χ2v) is 3.36. The van der Waals surface area contributed by atoms with Crippen molar-refractivity contribution in [2.45, 2.75) is 12.8 Å². The van der Waals surface area contributed by atoms with Gasteiger partial charge in [-0.25, -0.2) is 0 Å². The molecule has 1 fully saturated rings. The fraction of sp³-hybridized carbons (Fsp3) is 0.400. The van der Waals surface area contributed by atoms with Crippen LogP contribution >= 0.6 is 0 Å². The predicted octanol–water partition coefficient (Wildman–Crippen LogP) is 0.624. The van der Waals surface area contributed by atoms with Gasteiger partial charge in [0, 0.05) is 13.0 Å². The number of likely N-dealkylation sites (tertiary alicyclic amines) is 1. The molecule has 0 aromatic carbocycles. The number of furan rings is 1. The maximum Gasteiger partial charge on any atom is 0.230 e. The van der Waals surface area contributed by atoms with Crippen LogP contribution in [0.2, 0.25) is 0 Å². The van der Waals surface area contributed by atoms with E-state index in [4.69, 9.17) is 4.42 Å². The number of carbonyl (C=O) groups is 2. The standard InChI is InChI=1S/C10H11NO3/c12-8-6-10(13)11(7-8)4-3-9-2-1-5-14-9/h1-2,5H,3-4,6-7H2. The second-order valence-electron chi connectivity index (χ2n) is 3.36. The van der Waals surface area contributed by atoms with Crippen LogP contribution in [-0.2, 0) is 16.0 Å². The molecule has 1 aliphatic heterocycles. The molecule has 2 rings (SSSR count). The van der Waals surface area contributed by atoms with Gasteiger partial charge in [-0.2, -0.15) is 0 Å². The van der Waals surface area contributed by atoms with Crippen molar-refractivity contribution in [3.05, 3.63) is 24.2 Å². The Balaban J connectivity index is 1.87. The zero-order valence-corrected chi connectivity index (χ0v) is 7.73. The average molecular weight is 193 g/mol. The van der Waals surface area contributed by atoms with E-state index < -0.39 is 0 Å². The highest BCUT2D eigenvalue weighted by atomic mass is 16.3. The number of hydrogen-bond donors (Lipinski definition) is 0. The van der Waals surface area contributed by atoms with Crippen molar-refractivity contribution in [3.63, 3.8) is 0 Å². The Labute approximate surface area is 81.5 Å². The van der Waals surface area contributed by atoms with E-state index in [-0.39, 0.29) is 24.7 Å². The van der Waals surface area contributed by atoms with Crippen LogP contribution in [0.5, 0.6) is 0 Å². The summed E-state index contributed by atoms with van der Waals surface area (Å²) in [5.41, 5.74) is 0. The van der Waals surface area contributed by atoms with Crippen molar-refractivity contribution in [2.24, 2.45) is 0 Å². The van der Waals surface area contributed by atoms with Crippen molar-refractivity contribution in [1.82, 2.24) is 4.90 Å². The van der Waals surface area contributed by atoms with Gasteiger partial charge in [0.15, 0.2) is 5.78 Å². The maximum absolute atomic E-state index is 11.2. The van der Waals surface area contributed by atoms with Gasteiger partial charge in [-0.15, -0.1) is 0 Å². The van der Waals surface area contributed by atoms with E-state index in [1.807, 2.05) is 12.1 Å². The molecule has 1 saturated heterocycles. The van der Waals surface area contributed by atoms with E-state index in [0.29, 0.717) is 13.0 Å². The Morgan fingerprint density at radius 1 is 1.43 bits per heavy atom. The van der Waals surface area contributed by atoms with Gasteiger partial charge in [0.1, 0.15) is 5.76 Å². The predicted molar refractivity (Wildman–Crippen MR) is 48.6 cm³/mol. The van der Waals surface area contributed by atoms with Gasteiger partial charge >= 0.3 is 0 Å².